The van der Waals surface area contributed by atoms with Crippen LogP contribution in [0.25, 0.3) is 22.4 Å². The van der Waals surface area contributed by atoms with Crippen LogP contribution in [0.1, 0.15) is 10.6 Å². The van der Waals surface area contributed by atoms with Crippen molar-refractivity contribution in [2.75, 3.05) is 7.11 Å². The topological polar surface area (TPSA) is 81.0 Å². The Labute approximate surface area is 102 Å². The second-order valence-corrected chi connectivity index (χ2v) is 3.67. The van der Waals surface area contributed by atoms with Crippen molar-refractivity contribution in [2.24, 2.45) is 0 Å². The summed E-state index contributed by atoms with van der Waals surface area (Å²) in [6.07, 6.45) is 2.96. The van der Waals surface area contributed by atoms with E-state index in [9.17, 15) is 4.79 Å². The Morgan fingerprint density at radius 1 is 1.39 bits per heavy atom. The zero-order valence-corrected chi connectivity index (χ0v) is 9.51. The summed E-state index contributed by atoms with van der Waals surface area (Å²) >= 11 is 0. The Morgan fingerprint density at radius 3 is 3.11 bits per heavy atom. The van der Waals surface area contributed by atoms with Gasteiger partial charge in [-0.1, -0.05) is 6.07 Å². The van der Waals surface area contributed by atoms with Gasteiger partial charge in [0.2, 0.25) is 5.82 Å². The third-order valence-electron chi connectivity index (χ3n) is 2.60. The lowest BCUT2D eigenvalue weighted by molar-refractivity contribution is 0.0588. The predicted molar refractivity (Wildman–Crippen MR) is 62.9 cm³/mol. The molecule has 18 heavy (non-hydrogen) atoms. The van der Waals surface area contributed by atoms with Gasteiger partial charge in [-0.15, -0.1) is 0 Å². The number of ether oxygens (including phenoxy) is 1. The summed E-state index contributed by atoms with van der Waals surface area (Å²) in [5.41, 5.74) is 3.05. The van der Waals surface area contributed by atoms with E-state index in [-0.39, 0.29) is 5.82 Å². The van der Waals surface area contributed by atoms with Gasteiger partial charge < -0.3 is 14.1 Å². The Morgan fingerprint density at radius 2 is 2.28 bits per heavy atom. The number of aromatic nitrogens is 3. The molecule has 2 heterocycles. The Kier molecular flexibility index (Phi) is 2.33. The van der Waals surface area contributed by atoms with Crippen LogP contribution in [0.2, 0.25) is 0 Å². The van der Waals surface area contributed by atoms with Crippen LogP contribution in [0.15, 0.2) is 35.2 Å². The monoisotopic (exact) mass is 243 g/mol. The molecule has 1 N–H and O–H groups in total. The largest absolute Gasteiger partial charge is 0.463 e. The maximum atomic E-state index is 11.3. The number of esters is 1. The van der Waals surface area contributed by atoms with Gasteiger partial charge in [-0.2, -0.15) is 0 Å². The summed E-state index contributed by atoms with van der Waals surface area (Å²) < 4.78 is 9.80. The number of hydrogen-bond acceptors (Lipinski definition) is 5. The Balaban J connectivity index is 2.03. The molecule has 3 aromatic rings. The number of nitrogens with zero attached hydrogens (tertiary/aromatic N) is 2. The van der Waals surface area contributed by atoms with Gasteiger partial charge in [0.25, 0.3) is 0 Å². The molecular weight excluding hydrogens is 234 g/mol. The van der Waals surface area contributed by atoms with Crippen LogP contribution in [0.3, 0.4) is 0 Å². The minimum absolute atomic E-state index is 0.171. The molecule has 2 aromatic heterocycles. The van der Waals surface area contributed by atoms with Gasteiger partial charge in [-0.25, -0.2) is 14.8 Å². The van der Waals surface area contributed by atoms with Gasteiger partial charge >= 0.3 is 5.97 Å². The van der Waals surface area contributed by atoms with Gasteiger partial charge in [0, 0.05) is 5.56 Å². The third-order valence-corrected chi connectivity index (χ3v) is 2.60. The number of nitrogens with one attached hydrogen (secondary N) is 1. The zero-order valence-electron chi connectivity index (χ0n) is 9.51. The SMILES string of the molecule is COC(=O)c1ncc(-c2ccc3ncoc3c2)[nH]1. The molecule has 0 radical (unpaired) electrons. The zero-order chi connectivity index (χ0) is 12.5. The maximum Gasteiger partial charge on any atom is 0.374 e. The number of rotatable bonds is 2. The smallest absolute Gasteiger partial charge is 0.374 e. The molecule has 90 valence electrons. The van der Waals surface area contributed by atoms with Crippen LogP contribution >= 0.6 is 0 Å². The van der Waals surface area contributed by atoms with Crippen molar-refractivity contribution in [3.05, 3.63) is 36.6 Å². The second-order valence-electron chi connectivity index (χ2n) is 3.67. The molecule has 0 aliphatic carbocycles. The van der Waals surface area contributed by atoms with Crippen LogP contribution in [0.5, 0.6) is 0 Å². The molecule has 3 rings (SSSR count). The highest BCUT2D eigenvalue weighted by Gasteiger charge is 2.11. The van der Waals surface area contributed by atoms with Crippen LogP contribution < -0.4 is 0 Å². The van der Waals surface area contributed by atoms with E-state index < -0.39 is 5.97 Å². The standard InChI is InChI=1S/C12H9N3O3/c1-17-12(16)11-13-5-9(15-11)7-2-3-8-10(4-7)18-6-14-8/h2-6H,1H3,(H,13,15). The van der Waals surface area contributed by atoms with Crippen LogP contribution in [0, 0.1) is 0 Å². The molecule has 6 nitrogen and oxygen atoms in total. The van der Waals surface area contributed by atoms with Crippen LogP contribution in [-0.2, 0) is 4.74 Å². The molecule has 1 aromatic carbocycles. The van der Waals surface area contributed by atoms with E-state index in [1.807, 2.05) is 18.2 Å². The maximum absolute atomic E-state index is 11.3. The molecule has 0 aliphatic heterocycles. The molecule has 0 fully saturated rings. The molecule has 6 heteroatoms. The first kappa shape index (κ1) is 10.5. The summed E-state index contributed by atoms with van der Waals surface area (Å²) in [4.78, 5) is 22.2. The molecule has 0 saturated heterocycles. The van der Waals surface area contributed by atoms with Crippen molar-refractivity contribution in [1.29, 1.82) is 0 Å². The highest BCUT2D eigenvalue weighted by molar-refractivity contribution is 5.86. The van der Waals surface area contributed by atoms with Gasteiger partial charge in [0.15, 0.2) is 12.0 Å². The first-order valence-electron chi connectivity index (χ1n) is 5.25. The van der Waals surface area contributed by atoms with Gasteiger partial charge in [0.1, 0.15) is 5.52 Å². The quantitative estimate of drug-likeness (QED) is 0.696. The fourth-order valence-electron chi connectivity index (χ4n) is 1.69. The molecule has 0 spiro atoms. The number of carbonyl (C=O) groups excluding carboxylic acids is 1. The van der Waals surface area contributed by atoms with Gasteiger partial charge in [-0.3, -0.25) is 0 Å². The highest BCUT2D eigenvalue weighted by atomic mass is 16.5. The van der Waals surface area contributed by atoms with E-state index in [2.05, 4.69) is 19.7 Å². The summed E-state index contributed by atoms with van der Waals surface area (Å²) in [5, 5.41) is 0. The number of imidazole rings is 1. The molecular formula is C12H9N3O3. The van der Waals surface area contributed by atoms with Crippen LogP contribution in [0.4, 0.5) is 0 Å². The Hall–Kier alpha value is -2.63. The summed E-state index contributed by atoms with van der Waals surface area (Å²) in [6, 6.07) is 5.54. The molecule has 0 saturated carbocycles. The van der Waals surface area contributed by atoms with Crippen molar-refractivity contribution in [3.8, 4) is 11.3 Å². The first-order valence-corrected chi connectivity index (χ1v) is 5.25. The lowest BCUT2D eigenvalue weighted by Gasteiger charge is -1.96. The normalized spacial score (nSPS) is 10.7. The number of oxazole rings is 1. The van der Waals surface area contributed by atoms with E-state index in [4.69, 9.17) is 4.42 Å². The van der Waals surface area contributed by atoms with Crippen molar-refractivity contribution in [3.63, 3.8) is 0 Å². The average molecular weight is 243 g/mol. The Bertz CT molecular complexity index is 714. The molecule has 0 aliphatic rings. The van der Waals surface area contributed by atoms with E-state index in [0.717, 1.165) is 11.1 Å². The highest BCUT2D eigenvalue weighted by Crippen LogP contribution is 2.22. The fourth-order valence-corrected chi connectivity index (χ4v) is 1.69. The third kappa shape index (κ3) is 1.64. The van der Waals surface area contributed by atoms with Crippen molar-refractivity contribution in [1.82, 2.24) is 15.0 Å². The van der Waals surface area contributed by atoms with Gasteiger partial charge in [0.05, 0.1) is 19.0 Å². The summed E-state index contributed by atoms with van der Waals surface area (Å²) in [7, 11) is 1.31. The van der Waals surface area contributed by atoms with E-state index in [0.29, 0.717) is 11.3 Å². The van der Waals surface area contributed by atoms with Crippen molar-refractivity contribution < 1.29 is 13.9 Å². The number of methoxy groups -OCH3 is 1. The number of fused-ring (bicyclic) bond motifs is 1. The van der Waals surface area contributed by atoms with E-state index in [1.54, 1.807) is 6.20 Å². The fraction of sp³-hybridized carbons (Fsp3) is 0.0833. The minimum Gasteiger partial charge on any atom is -0.463 e. The molecule has 0 amide bonds. The van der Waals surface area contributed by atoms with Gasteiger partial charge in [-0.05, 0) is 12.1 Å². The lowest BCUT2D eigenvalue weighted by Crippen LogP contribution is -2.03. The number of H-pyrrole nitrogens is 1. The van der Waals surface area contributed by atoms with E-state index in [1.165, 1.54) is 13.5 Å². The molecule has 0 atom stereocenters. The number of aromatic amines is 1. The van der Waals surface area contributed by atoms with E-state index >= 15 is 0 Å². The predicted octanol–water partition coefficient (Wildman–Crippen LogP) is 2.00. The number of benzene rings is 1. The second kappa shape index (κ2) is 3.99. The number of hydrogen-bond donors (Lipinski definition) is 1. The molecule has 0 bridgehead atoms. The van der Waals surface area contributed by atoms with Crippen LogP contribution in [-0.4, -0.2) is 28.0 Å². The number of carbonyl (C=O) groups is 1. The minimum atomic E-state index is -0.498. The van der Waals surface area contributed by atoms with Crippen molar-refractivity contribution >= 4 is 17.1 Å². The average Bonchev–Trinajstić information content (AvgIpc) is 3.05. The lowest BCUT2D eigenvalue weighted by atomic mass is 10.1. The van der Waals surface area contributed by atoms with Crippen molar-refractivity contribution in [2.45, 2.75) is 0 Å². The summed E-state index contributed by atoms with van der Waals surface area (Å²) in [6.45, 7) is 0. The molecule has 0 unspecified atom stereocenters. The first-order chi connectivity index (χ1) is 8.78. The summed E-state index contributed by atoms with van der Waals surface area (Å²) in [5.74, 6) is -0.327.